The second kappa shape index (κ2) is 9.66. The van der Waals surface area contributed by atoms with Gasteiger partial charge in [-0.15, -0.1) is 0 Å². The molecule has 2 aliphatic carbocycles. The first-order valence-corrected chi connectivity index (χ1v) is 13.6. The second-order valence-corrected chi connectivity index (χ2v) is 12.2. The summed E-state index contributed by atoms with van der Waals surface area (Å²) >= 11 is 0. The van der Waals surface area contributed by atoms with Gasteiger partial charge in [-0.05, 0) is 78.8 Å². The third-order valence-electron chi connectivity index (χ3n) is 8.52. The molecule has 1 fully saturated rings. The van der Waals surface area contributed by atoms with Crippen LogP contribution in [0.2, 0.25) is 0 Å². The number of carbonyl (C=O) groups excluding carboxylic acids is 3. The zero-order valence-electron chi connectivity index (χ0n) is 24.0. The lowest BCUT2D eigenvalue weighted by Crippen LogP contribution is -2.74. The van der Waals surface area contributed by atoms with Crippen LogP contribution in [0.3, 0.4) is 0 Å². The molecule has 2 bridgehead atoms. The van der Waals surface area contributed by atoms with Gasteiger partial charge in [0.2, 0.25) is 0 Å². The zero-order valence-corrected chi connectivity index (χ0v) is 24.0. The first kappa shape index (κ1) is 28.2. The fraction of sp³-hybridized carbons (Fsp3) is 0.621. The molecule has 5 rings (SSSR count). The van der Waals surface area contributed by atoms with E-state index in [1.807, 2.05) is 19.2 Å². The number of ether oxygens (including phenoxy) is 5. The third kappa shape index (κ3) is 4.30. The van der Waals surface area contributed by atoms with E-state index in [9.17, 15) is 19.5 Å². The highest BCUT2D eigenvalue weighted by Crippen LogP contribution is 2.65. The molecule has 1 aromatic carbocycles. The van der Waals surface area contributed by atoms with Crippen LogP contribution < -0.4 is 14.8 Å². The van der Waals surface area contributed by atoms with Crippen LogP contribution in [-0.2, 0) is 35.6 Å². The van der Waals surface area contributed by atoms with Gasteiger partial charge in [-0.2, -0.15) is 0 Å². The summed E-state index contributed by atoms with van der Waals surface area (Å²) in [6.45, 7) is 8.65. The van der Waals surface area contributed by atoms with Crippen molar-refractivity contribution >= 4 is 18.0 Å². The van der Waals surface area contributed by atoms with Crippen molar-refractivity contribution in [2.24, 2.45) is 0 Å². The number of benzene rings is 1. The molecule has 4 aliphatic rings. The van der Waals surface area contributed by atoms with Crippen LogP contribution in [0, 0.1) is 0 Å². The topological polar surface area (TPSA) is 133 Å². The Bertz CT molecular complexity index is 1270. The first-order chi connectivity index (χ1) is 18.7. The van der Waals surface area contributed by atoms with Gasteiger partial charge in [-0.3, -0.25) is 4.79 Å². The maximum Gasteiger partial charge on any atom is 0.509 e. The number of likely N-dealkylation sites (tertiary alicyclic amines) is 1. The van der Waals surface area contributed by atoms with Gasteiger partial charge in [0.25, 0.3) is 5.91 Å². The Kier molecular flexibility index (Phi) is 6.81. The van der Waals surface area contributed by atoms with Gasteiger partial charge in [0.05, 0.1) is 18.1 Å². The van der Waals surface area contributed by atoms with Gasteiger partial charge in [-0.1, -0.05) is 6.07 Å². The van der Waals surface area contributed by atoms with Crippen molar-refractivity contribution in [2.45, 2.75) is 94.8 Å². The molecule has 2 aliphatic heterocycles. The van der Waals surface area contributed by atoms with Gasteiger partial charge in [0.15, 0.2) is 23.7 Å². The maximum atomic E-state index is 13.2. The minimum atomic E-state index is -1.19. The molecule has 0 saturated carbocycles. The van der Waals surface area contributed by atoms with E-state index < -0.39 is 52.9 Å². The molecule has 218 valence electrons. The maximum absolute atomic E-state index is 13.2. The molecule has 40 heavy (non-hydrogen) atoms. The molecule has 1 amide bonds. The number of piperidine rings is 1. The van der Waals surface area contributed by atoms with E-state index in [0.717, 1.165) is 17.7 Å². The van der Waals surface area contributed by atoms with Crippen LogP contribution in [-0.4, -0.2) is 84.2 Å². The molecule has 2 heterocycles. The lowest BCUT2D eigenvalue weighted by atomic mass is 9.50. The Morgan fingerprint density at radius 1 is 1.23 bits per heavy atom. The third-order valence-corrected chi connectivity index (χ3v) is 8.52. The Morgan fingerprint density at radius 2 is 1.95 bits per heavy atom. The molecule has 1 spiro atoms. The average molecular weight is 559 g/mol. The summed E-state index contributed by atoms with van der Waals surface area (Å²) in [7, 11) is 3.59. The summed E-state index contributed by atoms with van der Waals surface area (Å²) in [4.78, 5) is 39.9. The Hall–Kier alpha value is -3.31. The van der Waals surface area contributed by atoms with E-state index in [-0.39, 0.29) is 12.5 Å². The monoisotopic (exact) mass is 558 g/mol. The molecule has 11 heteroatoms. The molecule has 2 N–H and O–H groups in total. The minimum Gasteiger partial charge on any atom is -0.493 e. The summed E-state index contributed by atoms with van der Waals surface area (Å²) < 4.78 is 28.1. The number of methoxy groups -OCH3 is 1. The number of nitrogens with zero attached hydrogens (tertiary/aromatic N) is 1. The van der Waals surface area contributed by atoms with Crippen LogP contribution in [0.1, 0.15) is 58.6 Å². The zero-order chi connectivity index (χ0) is 29.2. The smallest absolute Gasteiger partial charge is 0.493 e. The van der Waals surface area contributed by atoms with Crippen molar-refractivity contribution in [1.82, 2.24) is 10.2 Å². The Labute approximate surface area is 233 Å². The molecule has 1 unspecified atom stereocenters. The van der Waals surface area contributed by atoms with Crippen molar-refractivity contribution < 1.29 is 43.2 Å². The van der Waals surface area contributed by atoms with E-state index in [1.54, 1.807) is 34.0 Å². The highest BCUT2D eigenvalue weighted by molar-refractivity contribution is 5.87. The number of hydrogen-bond donors (Lipinski definition) is 2. The molecule has 6 atom stereocenters. The fourth-order valence-electron chi connectivity index (χ4n) is 6.65. The van der Waals surface area contributed by atoms with Crippen LogP contribution >= 0.6 is 0 Å². The van der Waals surface area contributed by atoms with E-state index >= 15 is 0 Å². The summed E-state index contributed by atoms with van der Waals surface area (Å²) in [6, 6.07) is 2.72. The SMILES string of the molecule is COc1ccc2c3c1O[C@H]1C(OC(=O)[C@H](C)NC(=O)[C@H](C)OC(=O)OC(C)(C)C)=CC[C@]4(O)C(C2)N(C)CC[C@]314. The number of aliphatic hydroxyl groups is 1. The van der Waals surface area contributed by atoms with Crippen LogP contribution in [0.5, 0.6) is 11.5 Å². The molecule has 1 aromatic rings. The van der Waals surface area contributed by atoms with Crippen molar-refractivity contribution in [2.75, 3.05) is 20.7 Å². The number of esters is 1. The Balaban J connectivity index is 1.35. The summed E-state index contributed by atoms with van der Waals surface area (Å²) in [6.07, 6.45) is 0.364. The van der Waals surface area contributed by atoms with Gasteiger partial charge in [0, 0.05) is 18.0 Å². The molecule has 0 aromatic heterocycles. The van der Waals surface area contributed by atoms with E-state index in [2.05, 4.69) is 10.2 Å². The fourth-order valence-corrected chi connectivity index (χ4v) is 6.65. The predicted octanol–water partition coefficient (Wildman–Crippen LogP) is 2.36. The molecule has 11 nitrogen and oxygen atoms in total. The van der Waals surface area contributed by atoms with Gasteiger partial charge >= 0.3 is 12.1 Å². The molecule has 0 radical (unpaired) electrons. The summed E-state index contributed by atoms with van der Waals surface area (Å²) in [5.41, 5.74) is -0.692. The highest BCUT2D eigenvalue weighted by atomic mass is 16.7. The second-order valence-electron chi connectivity index (χ2n) is 12.2. The van der Waals surface area contributed by atoms with Crippen LogP contribution in [0.25, 0.3) is 0 Å². The number of likely N-dealkylation sites (N-methyl/N-ethyl adjacent to an activating group) is 1. The number of amides is 1. The van der Waals surface area contributed by atoms with Crippen molar-refractivity contribution in [3.63, 3.8) is 0 Å². The highest BCUT2D eigenvalue weighted by Gasteiger charge is 2.72. The van der Waals surface area contributed by atoms with Crippen LogP contribution in [0.4, 0.5) is 4.79 Å². The standard InChI is InChI=1S/C29H38N2O9/c1-15(30-24(32)16(2)37-26(34)40-27(3,4)5)25(33)38-19-10-11-29(35)20-14-17-8-9-18(36-7)22-21(17)28(29,23(19)39-22)12-13-31(20)6/h8-10,15-16,20,23,35H,11-14H2,1-7H3,(H,30,32)/t15-,16-,20?,23-,28-,29-/m0/s1. The van der Waals surface area contributed by atoms with Crippen molar-refractivity contribution in [3.05, 3.63) is 35.1 Å². The Morgan fingerprint density at radius 3 is 2.62 bits per heavy atom. The number of carbonyl (C=O) groups is 3. The van der Waals surface area contributed by atoms with Gasteiger partial charge in [-0.25, -0.2) is 9.59 Å². The van der Waals surface area contributed by atoms with E-state index in [1.165, 1.54) is 13.8 Å². The average Bonchev–Trinajstić information content (AvgIpc) is 3.22. The van der Waals surface area contributed by atoms with Gasteiger partial charge < -0.3 is 39.0 Å². The number of rotatable bonds is 6. The minimum absolute atomic E-state index is 0.127. The van der Waals surface area contributed by atoms with E-state index in [0.29, 0.717) is 30.1 Å². The lowest BCUT2D eigenvalue weighted by Gasteiger charge is -2.61. The summed E-state index contributed by atoms with van der Waals surface area (Å²) in [5.74, 6) is 0.0451. The van der Waals surface area contributed by atoms with E-state index in [4.69, 9.17) is 23.7 Å². The number of nitrogens with one attached hydrogen (secondary N) is 1. The quantitative estimate of drug-likeness (QED) is 0.502. The summed E-state index contributed by atoms with van der Waals surface area (Å²) in [5, 5.41) is 14.8. The van der Waals surface area contributed by atoms with Gasteiger partial charge in [0.1, 0.15) is 17.4 Å². The normalized spacial score (nSPS) is 29.6. The van der Waals surface area contributed by atoms with Crippen molar-refractivity contribution in [1.29, 1.82) is 0 Å². The molecular formula is C29H38N2O9. The predicted molar refractivity (Wildman–Crippen MR) is 142 cm³/mol. The lowest BCUT2D eigenvalue weighted by molar-refractivity contribution is -0.170. The number of hydrogen-bond acceptors (Lipinski definition) is 10. The van der Waals surface area contributed by atoms with Crippen molar-refractivity contribution in [3.8, 4) is 11.5 Å². The molecular weight excluding hydrogens is 520 g/mol. The van der Waals surface area contributed by atoms with Crippen LogP contribution in [0.15, 0.2) is 24.0 Å². The largest absolute Gasteiger partial charge is 0.509 e. The first-order valence-electron chi connectivity index (χ1n) is 13.6. The molecule has 1 saturated heterocycles.